The number of amides is 1. The van der Waals surface area contributed by atoms with Crippen LogP contribution in [0.3, 0.4) is 0 Å². The van der Waals surface area contributed by atoms with Gasteiger partial charge in [0.1, 0.15) is 19.3 Å². The van der Waals surface area contributed by atoms with Gasteiger partial charge in [-0.3, -0.25) is 14.2 Å². The number of allylic oxidation sites excluding steroid dienone is 5. The molecule has 0 saturated heterocycles. The van der Waals surface area contributed by atoms with E-state index in [-0.39, 0.29) is 31.5 Å². The van der Waals surface area contributed by atoms with Gasteiger partial charge >= 0.3 is 5.97 Å². The van der Waals surface area contributed by atoms with Gasteiger partial charge in [0, 0.05) is 12.8 Å². The Hall–Kier alpha value is -1.77. The van der Waals surface area contributed by atoms with Gasteiger partial charge in [-0.05, 0) is 63.9 Å². The monoisotopic (exact) mass is 1130 g/mol. The molecule has 0 aromatic heterocycles. The fourth-order valence-corrected chi connectivity index (χ4v) is 11.0. The summed E-state index contributed by atoms with van der Waals surface area (Å²) in [4.78, 5) is 40.1. The van der Waals surface area contributed by atoms with E-state index in [0.29, 0.717) is 17.4 Å². The molecular formula is C69H133N2O7P. The highest BCUT2D eigenvalue weighted by Crippen LogP contribution is 2.38. The number of carbonyl (C=O) groups is 2. The van der Waals surface area contributed by atoms with Gasteiger partial charge < -0.3 is 28.5 Å². The largest absolute Gasteiger partial charge is 0.756 e. The molecule has 0 spiro atoms. The van der Waals surface area contributed by atoms with Crippen LogP contribution < -0.4 is 10.2 Å². The summed E-state index contributed by atoms with van der Waals surface area (Å²) in [6.07, 6.45) is 72.5. The normalized spacial score (nSPS) is 13.8. The standard InChI is InChI=1S/C69H133N2O7P/c1-7-10-13-16-19-22-25-28-30-32-34-35-37-38-40-43-46-49-52-55-58-61-68(72)70-66(65-77-79(74,75)76-64-63-71(4,5)6)67(60-57-54-51-48-45-42-27-24-21-18-15-12-9-3)78-69(73)62-59-56-53-50-47-44-41-39-36-33-31-29-26-23-20-17-14-11-8-2/h20,23,29,31,57,60,66-67H,7-19,21-22,24-28,30,32-56,58-59,61-65H2,1-6H3,(H-,70,72,74,75)/b23-20-,31-29-,60-57+. The third-order valence-electron chi connectivity index (χ3n) is 15.6. The molecule has 0 aliphatic carbocycles. The van der Waals surface area contributed by atoms with Crippen LogP contribution in [-0.4, -0.2) is 69.4 Å². The van der Waals surface area contributed by atoms with Crippen LogP contribution in [-0.2, 0) is 27.9 Å². The lowest BCUT2D eigenvalue weighted by molar-refractivity contribution is -0.870. The number of hydrogen-bond donors (Lipinski definition) is 1. The number of hydrogen-bond acceptors (Lipinski definition) is 7. The average molecular weight is 1130 g/mol. The lowest BCUT2D eigenvalue weighted by atomic mass is 10.0. The van der Waals surface area contributed by atoms with Crippen LogP contribution in [0.4, 0.5) is 0 Å². The number of unbranched alkanes of at least 4 members (excludes halogenated alkanes) is 43. The van der Waals surface area contributed by atoms with E-state index in [9.17, 15) is 19.0 Å². The first-order valence-electron chi connectivity index (χ1n) is 34.3. The van der Waals surface area contributed by atoms with Crippen molar-refractivity contribution in [3.05, 3.63) is 36.5 Å². The van der Waals surface area contributed by atoms with Gasteiger partial charge in [-0.15, -0.1) is 0 Å². The summed E-state index contributed by atoms with van der Waals surface area (Å²) in [6, 6.07) is -0.887. The summed E-state index contributed by atoms with van der Waals surface area (Å²) in [6.45, 7) is 6.87. The number of nitrogens with one attached hydrogen (secondary N) is 1. The molecule has 1 amide bonds. The molecule has 0 fully saturated rings. The second-order valence-corrected chi connectivity index (χ2v) is 26.1. The summed E-state index contributed by atoms with van der Waals surface area (Å²) in [5, 5.41) is 3.05. The highest BCUT2D eigenvalue weighted by atomic mass is 31.2. The molecule has 0 aromatic rings. The fraction of sp³-hybridized carbons (Fsp3) is 0.884. The van der Waals surface area contributed by atoms with Crippen molar-refractivity contribution in [1.82, 2.24) is 5.32 Å². The van der Waals surface area contributed by atoms with Crippen molar-refractivity contribution in [2.75, 3.05) is 40.9 Å². The van der Waals surface area contributed by atoms with Gasteiger partial charge in [-0.25, -0.2) is 0 Å². The minimum atomic E-state index is -4.70. The number of quaternary nitrogens is 1. The second kappa shape index (κ2) is 59.4. The molecule has 466 valence electrons. The highest BCUT2D eigenvalue weighted by molar-refractivity contribution is 7.45. The van der Waals surface area contributed by atoms with Gasteiger partial charge in [-0.1, -0.05) is 302 Å². The molecule has 79 heavy (non-hydrogen) atoms. The van der Waals surface area contributed by atoms with E-state index >= 15 is 0 Å². The first-order chi connectivity index (χ1) is 38.4. The van der Waals surface area contributed by atoms with Crippen LogP contribution in [0.5, 0.6) is 0 Å². The van der Waals surface area contributed by atoms with Crippen molar-refractivity contribution in [2.24, 2.45) is 0 Å². The number of rotatable bonds is 63. The Bertz CT molecular complexity index is 1450. The Balaban J connectivity index is 5.15. The van der Waals surface area contributed by atoms with E-state index in [1.54, 1.807) is 0 Å². The molecule has 0 aliphatic heterocycles. The Morgan fingerprint density at radius 2 is 0.772 bits per heavy atom. The van der Waals surface area contributed by atoms with Crippen LogP contribution in [0.15, 0.2) is 36.5 Å². The third-order valence-corrected chi connectivity index (χ3v) is 16.5. The molecule has 0 bridgehead atoms. The average Bonchev–Trinajstić information content (AvgIpc) is 3.41. The molecular weight excluding hydrogens is 1000 g/mol. The minimum absolute atomic E-state index is 0.0202. The minimum Gasteiger partial charge on any atom is -0.756 e. The van der Waals surface area contributed by atoms with Gasteiger partial charge in [0.2, 0.25) is 5.91 Å². The molecule has 0 saturated carbocycles. The predicted molar refractivity (Wildman–Crippen MR) is 340 cm³/mol. The smallest absolute Gasteiger partial charge is 0.306 e. The SMILES string of the molecule is CCCCC/C=C\C/C=C\CCCCCCCCCCCC(=O)OC(/C=C/CCCCCCCCCCCCC)C(COP(=O)([O-])OCC[N+](C)(C)C)NC(=O)CCCCCCCCCCCCCCCCCCCCCCC. The molecule has 10 heteroatoms. The van der Waals surface area contributed by atoms with Crippen LogP contribution in [0.2, 0.25) is 0 Å². The lowest BCUT2D eigenvalue weighted by Gasteiger charge is -2.30. The Morgan fingerprint density at radius 3 is 1.16 bits per heavy atom. The molecule has 3 atom stereocenters. The van der Waals surface area contributed by atoms with Crippen LogP contribution in [0, 0.1) is 0 Å². The second-order valence-electron chi connectivity index (χ2n) is 24.7. The van der Waals surface area contributed by atoms with E-state index in [1.165, 1.54) is 244 Å². The number of phosphoric acid groups is 1. The van der Waals surface area contributed by atoms with E-state index in [0.717, 1.165) is 64.2 Å². The molecule has 0 heterocycles. The quantitative estimate of drug-likeness (QED) is 0.0212. The van der Waals surface area contributed by atoms with E-state index < -0.39 is 20.0 Å². The number of carbonyl (C=O) groups excluding carboxylic acids is 2. The number of phosphoric ester groups is 1. The zero-order valence-corrected chi connectivity index (χ0v) is 54.2. The molecule has 0 aromatic carbocycles. The molecule has 3 unspecified atom stereocenters. The first kappa shape index (κ1) is 77.2. The number of ether oxygens (including phenoxy) is 1. The Morgan fingerprint density at radius 1 is 0.443 bits per heavy atom. The van der Waals surface area contributed by atoms with E-state index in [2.05, 4.69) is 50.4 Å². The van der Waals surface area contributed by atoms with Crippen molar-refractivity contribution < 1.29 is 37.3 Å². The highest BCUT2D eigenvalue weighted by Gasteiger charge is 2.27. The van der Waals surface area contributed by atoms with Crippen molar-refractivity contribution in [2.45, 2.75) is 354 Å². The maximum atomic E-state index is 13.6. The van der Waals surface area contributed by atoms with Crippen LogP contribution in [0.1, 0.15) is 342 Å². The number of esters is 1. The van der Waals surface area contributed by atoms with Crippen molar-refractivity contribution in [1.29, 1.82) is 0 Å². The van der Waals surface area contributed by atoms with E-state index in [1.807, 2.05) is 33.3 Å². The maximum absolute atomic E-state index is 13.6. The first-order valence-corrected chi connectivity index (χ1v) is 35.8. The molecule has 0 radical (unpaired) electrons. The predicted octanol–water partition coefficient (Wildman–Crippen LogP) is 20.8. The summed E-state index contributed by atoms with van der Waals surface area (Å²) in [5.74, 6) is -0.527. The topological polar surface area (TPSA) is 114 Å². The van der Waals surface area contributed by atoms with Crippen LogP contribution in [0.25, 0.3) is 0 Å². The molecule has 9 nitrogen and oxygen atoms in total. The number of nitrogens with zero attached hydrogens (tertiary/aromatic N) is 1. The van der Waals surface area contributed by atoms with Gasteiger partial charge in [-0.2, -0.15) is 0 Å². The maximum Gasteiger partial charge on any atom is 0.306 e. The number of likely N-dealkylation sites (N-methyl/N-ethyl adjacent to an activating group) is 1. The van der Waals surface area contributed by atoms with Gasteiger partial charge in [0.05, 0.1) is 33.8 Å². The van der Waals surface area contributed by atoms with Crippen LogP contribution >= 0.6 is 7.82 Å². The zero-order chi connectivity index (χ0) is 57.9. The third kappa shape index (κ3) is 60.6. The zero-order valence-electron chi connectivity index (χ0n) is 53.3. The Kier molecular flexibility index (Phi) is 58.1. The van der Waals surface area contributed by atoms with Crippen molar-refractivity contribution >= 4 is 19.7 Å². The fourth-order valence-electron chi connectivity index (χ4n) is 10.3. The summed E-state index contributed by atoms with van der Waals surface area (Å²) < 4.78 is 30.4. The molecule has 0 aliphatic rings. The van der Waals surface area contributed by atoms with Gasteiger partial charge in [0.25, 0.3) is 7.82 Å². The lowest BCUT2D eigenvalue weighted by Crippen LogP contribution is -2.47. The summed E-state index contributed by atoms with van der Waals surface area (Å²) >= 11 is 0. The molecule has 0 rings (SSSR count). The van der Waals surface area contributed by atoms with Crippen molar-refractivity contribution in [3.63, 3.8) is 0 Å². The molecule has 1 N–H and O–H groups in total. The van der Waals surface area contributed by atoms with Crippen molar-refractivity contribution in [3.8, 4) is 0 Å². The summed E-state index contributed by atoms with van der Waals surface area (Å²) in [5.41, 5.74) is 0. The van der Waals surface area contributed by atoms with E-state index in [4.69, 9.17) is 13.8 Å². The van der Waals surface area contributed by atoms with Gasteiger partial charge in [0.15, 0.2) is 0 Å². The Labute approximate surface area is 491 Å². The summed E-state index contributed by atoms with van der Waals surface area (Å²) in [7, 11) is 1.20.